The second-order valence-corrected chi connectivity index (χ2v) is 12.3. The molecule has 1 heterocycles. The number of hydrogen-bond donors (Lipinski definition) is 1. The molecule has 0 aliphatic rings. The first-order valence-corrected chi connectivity index (χ1v) is 13.9. The summed E-state index contributed by atoms with van der Waals surface area (Å²) >= 11 is 0. The Morgan fingerprint density at radius 3 is 2.04 bits per heavy atom. The van der Waals surface area contributed by atoms with Crippen LogP contribution in [0.1, 0.15) is 90.4 Å². The fourth-order valence-corrected chi connectivity index (χ4v) is 9.33. The SMILES string of the molecule is CCCC[Si](CCCC)(CCCC)OC(C)c1c[nH]c2c(CC)cccc12. The van der Waals surface area contributed by atoms with Crippen molar-refractivity contribution in [3.63, 3.8) is 0 Å². The van der Waals surface area contributed by atoms with Gasteiger partial charge in [0.05, 0.1) is 6.10 Å². The zero-order valence-corrected chi connectivity index (χ0v) is 19.4. The Hall–Kier alpha value is -1.06. The molecule has 0 spiro atoms. The molecule has 0 saturated heterocycles. The molecule has 3 heteroatoms. The number of aromatic amines is 1. The summed E-state index contributed by atoms with van der Waals surface area (Å²) in [6.45, 7) is 11.5. The summed E-state index contributed by atoms with van der Waals surface area (Å²) in [7, 11) is -1.70. The Kier molecular flexibility index (Phi) is 9.11. The van der Waals surface area contributed by atoms with E-state index < -0.39 is 8.32 Å². The number of H-pyrrole nitrogens is 1. The van der Waals surface area contributed by atoms with E-state index in [2.05, 4.69) is 64.0 Å². The zero-order chi connectivity index (χ0) is 19.7. The molecule has 0 amide bonds. The molecule has 1 aromatic carbocycles. The number of hydrogen-bond acceptors (Lipinski definition) is 1. The van der Waals surface area contributed by atoms with Gasteiger partial charge in [-0.15, -0.1) is 0 Å². The Balaban J connectivity index is 2.29. The molecule has 2 aromatic rings. The largest absolute Gasteiger partial charge is 0.410 e. The predicted octanol–water partition coefficient (Wildman–Crippen LogP) is 8.15. The van der Waals surface area contributed by atoms with Gasteiger partial charge in [-0.1, -0.05) is 84.4 Å². The van der Waals surface area contributed by atoms with Crippen LogP contribution in [-0.2, 0) is 10.8 Å². The fourth-order valence-electron chi connectivity index (χ4n) is 4.36. The highest BCUT2D eigenvalue weighted by molar-refractivity contribution is 6.73. The van der Waals surface area contributed by atoms with Crippen LogP contribution in [0.5, 0.6) is 0 Å². The predicted molar refractivity (Wildman–Crippen MR) is 122 cm³/mol. The first-order chi connectivity index (χ1) is 13.1. The smallest absolute Gasteiger partial charge is 0.193 e. The van der Waals surface area contributed by atoms with Gasteiger partial charge in [-0.25, -0.2) is 0 Å². The lowest BCUT2D eigenvalue weighted by atomic mass is 10.1. The van der Waals surface area contributed by atoms with Gasteiger partial charge in [0.2, 0.25) is 0 Å². The lowest BCUT2D eigenvalue weighted by molar-refractivity contribution is 0.208. The van der Waals surface area contributed by atoms with Crippen LogP contribution in [0.2, 0.25) is 18.1 Å². The van der Waals surface area contributed by atoms with E-state index in [1.807, 2.05) is 0 Å². The second kappa shape index (κ2) is 11.1. The third-order valence-electron chi connectivity index (χ3n) is 6.04. The molecule has 2 nitrogen and oxygen atoms in total. The van der Waals surface area contributed by atoms with Crippen LogP contribution in [0.3, 0.4) is 0 Å². The Morgan fingerprint density at radius 2 is 1.52 bits per heavy atom. The number of nitrogens with one attached hydrogen (secondary N) is 1. The minimum atomic E-state index is -1.70. The topological polar surface area (TPSA) is 25.0 Å². The van der Waals surface area contributed by atoms with Crippen LogP contribution in [-0.4, -0.2) is 13.3 Å². The van der Waals surface area contributed by atoms with Crippen molar-refractivity contribution in [1.82, 2.24) is 4.98 Å². The van der Waals surface area contributed by atoms with E-state index in [-0.39, 0.29) is 6.10 Å². The maximum absolute atomic E-state index is 7.09. The van der Waals surface area contributed by atoms with E-state index in [4.69, 9.17) is 4.43 Å². The average molecular weight is 388 g/mol. The highest BCUT2D eigenvalue weighted by Crippen LogP contribution is 2.36. The van der Waals surface area contributed by atoms with E-state index >= 15 is 0 Å². The number of unbranched alkanes of at least 4 members (excludes halogenated alkanes) is 3. The van der Waals surface area contributed by atoms with E-state index in [1.54, 1.807) is 0 Å². The number of para-hydroxylation sites is 1. The maximum Gasteiger partial charge on any atom is 0.193 e. The first-order valence-electron chi connectivity index (χ1n) is 11.4. The third kappa shape index (κ3) is 5.71. The van der Waals surface area contributed by atoms with Gasteiger partial charge in [0, 0.05) is 22.7 Å². The minimum absolute atomic E-state index is 0.183. The summed E-state index contributed by atoms with van der Waals surface area (Å²) in [6.07, 6.45) is 11.2. The molecule has 1 unspecified atom stereocenters. The molecule has 0 aliphatic heterocycles. The molecule has 1 aromatic heterocycles. The summed E-state index contributed by atoms with van der Waals surface area (Å²) in [5, 5.41) is 1.35. The molecular weight excluding hydrogens is 346 g/mol. The van der Waals surface area contributed by atoms with E-state index in [1.165, 1.54) is 78.7 Å². The monoisotopic (exact) mass is 387 g/mol. The molecular formula is C24H41NOSi. The molecule has 0 aliphatic carbocycles. The maximum atomic E-state index is 7.09. The molecule has 0 radical (unpaired) electrons. The number of aromatic nitrogens is 1. The zero-order valence-electron chi connectivity index (χ0n) is 18.4. The quantitative estimate of drug-likeness (QED) is 0.344. The molecule has 27 heavy (non-hydrogen) atoms. The fraction of sp³-hybridized carbons (Fsp3) is 0.667. The lowest BCUT2D eigenvalue weighted by Gasteiger charge is -2.35. The number of fused-ring (bicyclic) bond motifs is 1. The van der Waals surface area contributed by atoms with Gasteiger partial charge in [0.15, 0.2) is 8.32 Å². The summed E-state index contributed by atoms with van der Waals surface area (Å²) in [5.74, 6) is 0. The van der Waals surface area contributed by atoms with Crippen molar-refractivity contribution in [3.8, 4) is 0 Å². The van der Waals surface area contributed by atoms with Crippen LogP contribution < -0.4 is 0 Å². The van der Waals surface area contributed by atoms with Crippen LogP contribution >= 0.6 is 0 Å². The molecule has 1 N–H and O–H groups in total. The van der Waals surface area contributed by atoms with Crippen LogP contribution in [0.15, 0.2) is 24.4 Å². The van der Waals surface area contributed by atoms with Crippen LogP contribution in [0.4, 0.5) is 0 Å². The van der Waals surface area contributed by atoms with Crippen molar-refractivity contribution in [2.45, 2.75) is 104 Å². The molecule has 1 atom stereocenters. The number of aryl methyl sites for hydroxylation is 1. The van der Waals surface area contributed by atoms with E-state index in [0.29, 0.717) is 0 Å². The third-order valence-corrected chi connectivity index (χ3v) is 10.7. The molecule has 0 bridgehead atoms. The summed E-state index contributed by atoms with van der Waals surface area (Å²) in [6, 6.07) is 10.7. The van der Waals surface area contributed by atoms with Gasteiger partial charge in [0.1, 0.15) is 0 Å². The van der Waals surface area contributed by atoms with Gasteiger partial charge in [-0.3, -0.25) is 0 Å². The number of rotatable bonds is 13. The van der Waals surface area contributed by atoms with Crippen molar-refractivity contribution < 1.29 is 4.43 Å². The van der Waals surface area contributed by atoms with Crippen molar-refractivity contribution in [1.29, 1.82) is 0 Å². The molecule has 0 fully saturated rings. The first kappa shape index (κ1) is 22.2. The average Bonchev–Trinajstić information content (AvgIpc) is 3.13. The van der Waals surface area contributed by atoms with Gasteiger partial charge in [0.25, 0.3) is 0 Å². The summed E-state index contributed by atoms with van der Waals surface area (Å²) < 4.78 is 7.09. The Labute approximate surface area is 168 Å². The number of benzene rings is 1. The minimum Gasteiger partial charge on any atom is -0.410 e. The van der Waals surface area contributed by atoms with Gasteiger partial charge in [-0.2, -0.15) is 0 Å². The van der Waals surface area contributed by atoms with Gasteiger partial charge >= 0.3 is 0 Å². The lowest BCUT2D eigenvalue weighted by Crippen LogP contribution is -2.39. The molecule has 0 saturated carbocycles. The highest BCUT2D eigenvalue weighted by atomic mass is 28.4. The van der Waals surface area contributed by atoms with E-state index in [9.17, 15) is 0 Å². The highest BCUT2D eigenvalue weighted by Gasteiger charge is 2.35. The second-order valence-electron chi connectivity index (χ2n) is 8.19. The van der Waals surface area contributed by atoms with E-state index in [0.717, 1.165) is 6.42 Å². The molecule has 2 rings (SSSR count). The Bertz CT molecular complexity index is 656. The summed E-state index contributed by atoms with van der Waals surface area (Å²) in [4.78, 5) is 3.54. The summed E-state index contributed by atoms with van der Waals surface area (Å²) in [5.41, 5.74) is 4.05. The normalized spacial score (nSPS) is 13.4. The Morgan fingerprint density at radius 1 is 0.926 bits per heavy atom. The van der Waals surface area contributed by atoms with Crippen molar-refractivity contribution in [2.75, 3.05) is 0 Å². The van der Waals surface area contributed by atoms with Crippen molar-refractivity contribution >= 4 is 19.2 Å². The standard InChI is InChI=1S/C24H41NOSi/c1-6-10-16-27(17-11-7-2,18-12-8-3)26-20(5)23-19-25-24-21(9-4)14-13-15-22(23)24/h13-15,19-20,25H,6-12,16-18H2,1-5H3. The molecule has 152 valence electrons. The van der Waals surface area contributed by atoms with Crippen molar-refractivity contribution in [2.24, 2.45) is 0 Å². The van der Waals surface area contributed by atoms with Crippen molar-refractivity contribution in [3.05, 3.63) is 35.5 Å². The van der Waals surface area contributed by atoms with Crippen LogP contribution in [0, 0.1) is 0 Å². The van der Waals surface area contributed by atoms with Crippen LogP contribution in [0.25, 0.3) is 10.9 Å². The van der Waals surface area contributed by atoms with Gasteiger partial charge < -0.3 is 9.41 Å². The van der Waals surface area contributed by atoms with Gasteiger partial charge in [-0.05, 0) is 37.0 Å².